The summed E-state index contributed by atoms with van der Waals surface area (Å²) in [6, 6.07) is 16.9. The van der Waals surface area contributed by atoms with Gasteiger partial charge in [-0.1, -0.05) is 30.0 Å². The molecule has 1 aliphatic rings. The molecule has 0 unspecified atom stereocenters. The first-order valence-corrected chi connectivity index (χ1v) is 10.1. The molecule has 0 bridgehead atoms. The fourth-order valence-electron chi connectivity index (χ4n) is 2.89. The van der Waals surface area contributed by atoms with E-state index >= 15 is 0 Å². The van der Waals surface area contributed by atoms with Gasteiger partial charge in [0.1, 0.15) is 17.3 Å². The molecule has 0 aliphatic heterocycles. The molecule has 1 fully saturated rings. The highest BCUT2D eigenvalue weighted by molar-refractivity contribution is 7.99. The number of carbonyl (C=O) groups excluding carboxylic acids is 1. The van der Waals surface area contributed by atoms with Crippen molar-refractivity contribution in [1.82, 2.24) is 14.8 Å². The minimum atomic E-state index is 0.0740. The van der Waals surface area contributed by atoms with Crippen molar-refractivity contribution >= 4 is 17.5 Å². The van der Waals surface area contributed by atoms with Gasteiger partial charge in [0.05, 0.1) is 5.75 Å². The molecular formula is C21H21N3O2S. The summed E-state index contributed by atoms with van der Waals surface area (Å²) in [4.78, 5) is 12.5. The van der Waals surface area contributed by atoms with Crippen molar-refractivity contribution in [2.45, 2.75) is 37.4 Å². The first kappa shape index (κ1) is 17.8. The normalized spacial score (nSPS) is 13.5. The maximum absolute atomic E-state index is 12.5. The molecule has 5 nitrogen and oxygen atoms in total. The molecular weight excluding hydrogens is 358 g/mol. The van der Waals surface area contributed by atoms with Crippen LogP contribution in [0.25, 0.3) is 0 Å². The van der Waals surface area contributed by atoms with Gasteiger partial charge in [0.15, 0.2) is 10.9 Å². The monoisotopic (exact) mass is 379 g/mol. The average molecular weight is 379 g/mol. The highest BCUT2D eigenvalue weighted by atomic mass is 32.2. The molecule has 27 heavy (non-hydrogen) atoms. The number of hydrogen-bond donors (Lipinski definition) is 0. The second-order valence-electron chi connectivity index (χ2n) is 6.51. The molecule has 6 heteroatoms. The Hall–Kier alpha value is -2.60. The molecule has 1 aromatic heterocycles. The van der Waals surface area contributed by atoms with Crippen LogP contribution in [0, 0.1) is 0 Å². The molecule has 3 aromatic rings. The number of hydrogen-bond acceptors (Lipinski definition) is 5. The molecule has 0 spiro atoms. The van der Waals surface area contributed by atoms with Crippen molar-refractivity contribution in [3.8, 4) is 11.5 Å². The number of benzene rings is 2. The van der Waals surface area contributed by atoms with Gasteiger partial charge in [-0.3, -0.25) is 4.79 Å². The summed E-state index contributed by atoms with van der Waals surface area (Å²) in [5.74, 6) is 3.53. The number of nitrogens with zero attached hydrogens (tertiary/aromatic N) is 3. The van der Waals surface area contributed by atoms with Gasteiger partial charge in [0, 0.05) is 18.0 Å². The van der Waals surface area contributed by atoms with E-state index in [1.165, 1.54) is 24.6 Å². The number of ether oxygens (including phenoxy) is 1. The molecule has 4 rings (SSSR count). The average Bonchev–Trinajstić information content (AvgIpc) is 3.47. The van der Waals surface area contributed by atoms with Crippen LogP contribution in [-0.2, 0) is 6.54 Å². The van der Waals surface area contributed by atoms with Gasteiger partial charge in [-0.2, -0.15) is 0 Å². The van der Waals surface area contributed by atoms with E-state index in [0.29, 0.717) is 23.0 Å². The van der Waals surface area contributed by atoms with Crippen LogP contribution < -0.4 is 4.74 Å². The number of rotatable bonds is 8. The van der Waals surface area contributed by atoms with Gasteiger partial charge in [-0.15, -0.1) is 10.2 Å². The molecule has 0 radical (unpaired) electrons. The molecule has 0 N–H and O–H groups in total. The van der Waals surface area contributed by atoms with Gasteiger partial charge in [0.25, 0.3) is 0 Å². The maximum atomic E-state index is 12.5. The Morgan fingerprint density at radius 2 is 1.78 bits per heavy atom. The van der Waals surface area contributed by atoms with Crippen molar-refractivity contribution in [1.29, 1.82) is 0 Å². The Morgan fingerprint density at radius 3 is 2.44 bits per heavy atom. The van der Waals surface area contributed by atoms with Gasteiger partial charge >= 0.3 is 0 Å². The third-order valence-electron chi connectivity index (χ3n) is 4.49. The van der Waals surface area contributed by atoms with E-state index in [2.05, 4.69) is 21.7 Å². The van der Waals surface area contributed by atoms with E-state index in [1.54, 1.807) is 12.1 Å². The zero-order valence-electron chi connectivity index (χ0n) is 15.2. The fourth-order valence-corrected chi connectivity index (χ4v) is 3.80. The van der Waals surface area contributed by atoms with E-state index < -0.39 is 0 Å². The second kappa shape index (κ2) is 7.96. The van der Waals surface area contributed by atoms with Crippen molar-refractivity contribution < 1.29 is 9.53 Å². The Bertz CT molecular complexity index is 918. The Morgan fingerprint density at radius 1 is 1.07 bits per heavy atom. The summed E-state index contributed by atoms with van der Waals surface area (Å²) in [6.07, 6.45) is 2.39. The second-order valence-corrected chi connectivity index (χ2v) is 7.45. The van der Waals surface area contributed by atoms with Gasteiger partial charge in [0.2, 0.25) is 0 Å². The Labute approximate surface area is 162 Å². The number of carbonyl (C=O) groups is 1. The maximum Gasteiger partial charge on any atom is 0.191 e. The van der Waals surface area contributed by atoms with Crippen molar-refractivity contribution in [2.24, 2.45) is 0 Å². The molecule has 2 aromatic carbocycles. The van der Waals surface area contributed by atoms with E-state index in [1.807, 2.05) is 42.5 Å². The summed E-state index contributed by atoms with van der Waals surface area (Å²) < 4.78 is 7.90. The predicted molar refractivity (Wildman–Crippen MR) is 106 cm³/mol. The van der Waals surface area contributed by atoms with E-state index in [0.717, 1.165) is 23.3 Å². The number of para-hydroxylation sites is 1. The summed E-state index contributed by atoms with van der Waals surface area (Å²) in [6.45, 7) is 2.92. The van der Waals surface area contributed by atoms with Crippen molar-refractivity contribution in [3.05, 3.63) is 66.0 Å². The van der Waals surface area contributed by atoms with E-state index in [-0.39, 0.29) is 5.78 Å². The SMILES string of the molecule is CCn1c(SCC(=O)c2ccc(Oc3ccccc3)cc2)nnc1C1CC1. The number of Topliss-reactive ketones (excluding diaryl/α,β-unsaturated/α-hetero) is 1. The first-order chi connectivity index (χ1) is 13.2. The lowest BCUT2D eigenvalue weighted by Gasteiger charge is -2.07. The molecule has 0 atom stereocenters. The summed E-state index contributed by atoms with van der Waals surface area (Å²) in [5, 5.41) is 9.42. The van der Waals surface area contributed by atoms with Crippen LogP contribution >= 0.6 is 11.8 Å². The van der Waals surface area contributed by atoms with Crippen molar-refractivity contribution in [2.75, 3.05) is 5.75 Å². The quantitative estimate of drug-likeness (QED) is 0.410. The summed E-state index contributed by atoms with van der Waals surface area (Å²) in [5.41, 5.74) is 0.674. The lowest BCUT2D eigenvalue weighted by Crippen LogP contribution is -2.06. The van der Waals surface area contributed by atoms with Crippen LogP contribution in [0.5, 0.6) is 11.5 Å². The minimum Gasteiger partial charge on any atom is -0.457 e. The van der Waals surface area contributed by atoms with Gasteiger partial charge in [-0.25, -0.2) is 0 Å². The van der Waals surface area contributed by atoms with Crippen LogP contribution in [0.15, 0.2) is 59.8 Å². The van der Waals surface area contributed by atoms with Gasteiger partial charge < -0.3 is 9.30 Å². The fraction of sp³-hybridized carbons (Fsp3) is 0.286. The first-order valence-electron chi connectivity index (χ1n) is 9.16. The third kappa shape index (κ3) is 4.22. The molecule has 138 valence electrons. The minimum absolute atomic E-state index is 0.0740. The third-order valence-corrected chi connectivity index (χ3v) is 5.46. The largest absolute Gasteiger partial charge is 0.457 e. The van der Waals surface area contributed by atoms with Gasteiger partial charge in [-0.05, 0) is 56.2 Å². The Balaban J connectivity index is 1.37. The highest BCUT2D eigenvalue weighted by Crippen LogP contribution is 2.40. The van der Waals surface area contributed by atoms with Crippen LogP contribution in [0.3, 0.4) is 0 Å². The summed E-state index contributed by atoms with van der Waals surface area (Å²) >= 11 is 1.46. The van der Waals surface area contributed by atoms with E-state index in [9.17, 15) is 4.79 Å². The van der Waals surface area contributed by atoms with Crippen LogP contribution in [0.1, 0.15) is 41.9 Å². The molecule has 0 amide bonds. The summed E-state index contributed by atoms with van der Waals surface area (Å²) in [7, 11) is 0. The van der Waals surface area contributed by atoms with Crippen LogP contribution in [0.4, 0.5) is 0 Å². The molecule has 0 saturated heterocycles. The zero-order chi connectivity index (χ0) is 18.6. The standard InChI is InChI=1S/C21H21N3O2S/c1-2-24-20(16-8-9-16)22-23-21(24)27-14-19(25)15-10-12-18(13-11-15)26-17-6-4-3-5-7-17/h3-7,10-13,16H,2,8-9,14H2,1H3. The van der Waals surface area contributed by atoms with Crippen LogP contribution in [0.2, 0.25) is 0 Å². The smallest absolute Gasteiger partial charge is 0.191 e. The van der Waals surface area contributed by atoms with E-state index in [4.69, 9.17) is 4.74 Å². The van der Waals surface area contributed by atoms with Crippen LogP contribution in [-0.4, -0.2) is 26.3 Å². The predicted octanol–water partition coefficient (Wildman–Crippen LogP) is 4.94. The lowest BCUT2D eigenvalue weighted by atomic mass is 10.1. The lowest BCUT2D eigenvalue weighted by molar-refractivity contribution is 0.102. The zero-order valence-corrected chi connectivity index (χ0v) is 16.0. The van der Waals surface area contributed by atoms with Crippen molar-refractivity contribution in [3.63, 3.8) is 0 Å². The molecule has 1 heterocycles. The highest BCUT2D eigenvalue weighted by Gasteiger charge is 2.30. The number of aromatic nitrogens is 3. The molecule has 1 saturated carbocycles. The topological polar surface area (TPSA) is 57.0 Å². The molecule has 1 aliphatic carbocycles. The Kier molecular flexibility index (Phi) is 5.25. The number of ketones is 1. The number of thioether (sulfide) groups is 1.